The molecule has 4 heterocycles. The molecule has 7 heteroatoms. The SMILES string of the molecule is c1ccc(-c2nc(-c3ccc(-c4cccc5c4sc4ccc(-c6nc7ccccc7n6-c6ccccc6)cc45)cc3)nc(-c3ccc4oc5ccccc5c4c3)n2)cc1. The summed E-state index contributed by atoms with van der Waals surface area (Å²) in [6.45, 7) is 0. The Hall–Kier alpha value is -7.74. The summed E-state index contributed by atoms with van der Waals surface area (Å²) in [5, 5.41) is 4.55. The first-order chi connectivity index (χ1) is 29.2. The van der Waals surface area contributed by atoms with E-state index >= 15 is 0 Å². The summed E-state index contributed by atoms with van der Waals surface area (Å²) < 4.78 is 10.9. The Morgan fingerprint density at radius 2 is 1.02 bits per heavy atom. The summed E-state index contributed by atoms with van der Waals surface area (Å²) in [4.78, 5) is 20.2. The van der Waals surface area contributed by atoms with E-state index in [1.807, 2.05) is 84.1 Å². The molecule has 0 saturated carbocycles. The quantitative estimate of drug-likeness (QED) is 0.168. The highest BCUT2D eigenvalue weighted by molar-refractivity contribution is 7.26. The number of imidazole rings is 1. The molecule has 12 aromatic rings. The first-order valence-electron chi connectivity index (χ1n) is 19.5. The Balaban J connectivity index is 0.939. The van der Waals surface area contributed by atoms with Crippen molar-refractivity contribution in [2.75, 3.05) is 0 Å². The molecule has 0 saturated heterocycles. The lowest BCUT2D eigenvalue weighted by Crippen LogP contribution is -2.00. The fraction of sp³-hybridized carbons (Fsp3) is 0. The van der Waals surface area contributed by atoms with Crippen molar-refractivity contribution >= 4 is 64.5 Å². The lowest BCUT2D eigenvalue weighted by Gasteiger charge is -2.10. The van der Waals surface area contributed by atoms with Gasteiger partial charge in [-0.25, -0.2) is 19.9 Å². The van der Waals surface area contributed by atoms with E-state index in [0.29, 0.717) is 17.5 Å². The van der Waals surface area contributed by atoms with E-state index in [1.54, 1.807) is 0 Å². The topological polar surface area (TPSA) is 69.6 Å². The molecule has 0 atom stereocenters. The number of benzene rings is 8. The van der Waals surface area contributed by atoms with Crippen LogP contribution in [0.1, 0.15) is 0 Å². The fourth-order valence-corrected chi connectivity index (χ4v) is 9.46. The van der Waals surface area contributed by atoms with Gasteiger partial charge in [-0.2, -0.15) is 0 Å². The van der Waals surface area contributed by atoms with Gasteiger partial charge in [0.05, 0.1) is 11.0 Å². The van der Waals surface area contributed by atoms with Gasteiger partial charge >= 0.3 is 0 Å². The van der Waals surface area contributed by atoms with E-state index in [9.17, 15) is 0 Å². The Morgan fingerprint density at radius 3 is 1.85 bits per heavy atom. The van der Waals surface area contributed by atoms with E-state index in [0.717, 1.165) is 72.3 Å². The van der Waals surface area contributed by atoms with Gasteiger partial charge in [-0.15, -0.1) is 11.3 Å². The Kier molecular flexibility index (Phi) is 7.61. The summed E-state index contributed by atoms with van der Waals surface area (Å²) in [5.74, 6) is 2.78. The number of aromatic nitrogens is 5. The van der Waals surface area contributed by atoms with E-state index in [4.69, 9.17) is 24.4 Å². The van der Waals surface area contributed by atoms with Crippen molar-refractivity contribution < 1.29 is 4.42 Å². The van der Waals surface area contributed by atoms with E-state index in [-0.39, 0.29) is 0 Å². The number of para-hydroxylation sites is 4. The average molecular weight is 774 g/mol. The van der Waals surface area contributed by atoms with Crippen LogP contribution in [-0.2, 0) is 0 Å². The molecule has 8 aromatic carbocycles. The van der Waals surface area contributed by atoms with Crippen LogP contribution in [0.15, 0.2) is 192 Å². The zero-order chi connectivity index (χ0) is 38.9. The molecule has 0 fully saturated rings. The second-order valence-corrected chi connectivity index (χ2v) is 15.7. The number of thiophene rings is 1. The van der Waals surface area contributed by atoms with Crippen molar-refractivity contribution in [1.82, 2.24) is 24.5 Å². The van der Waals surface area contributed by atoms with E-state index < -0.39 is 0 Å². The number of hydrogen-bond donors (Lipinski definition) is 0. The maximum Gasteiger partial charge on any atom is 0.164 e. The monoisotopic (exact) mass is 773 g/mol. The summed E-state index contributed by atoms with van der Waals surface area (Å²) in [6, 6.07) is 65.1. The third-order valence-corrected chi connectivity index (χ3v) is 12.3. The van der Waals surface area contributed by atoms with Crippen molar-refractivity contribution in [2.24, 2.45) is 0 Å². The molecule has 0 amide bonds. The molecule has 4 aromatic heterocycles. The van der Waals surface area contributed by atoms with Crippen molar-refractivity contribution in [2.45, 2.75) is 0 Å². The smallest absolute Gasteiger partial charge is 0.164 e. The first-order valence-corrected chi connectivity index (χ1v) is 20.4. The molecule has 276 valence electrons. The molecular weight excluding hydrogens is 743 g/mol. The van der Waals surface area contributed by atoms with Crippen LogP contribution in [0.3, 0.4) is 0 Å². The van der Waals surface area contributed by atoms with Gasteiger partial charge in [0.25, 0.3) is 0 Å². The fourth-order valence-electron chi connectivity index (χ4n) is 8.24. The van der Waals surface area contributed by atoms with Crippen LogP contribution >= 0.6 is 11.3 Å². The lowest BCUT2D eigenvalue weighted by atomic mass is 10.0. The molecule has 0 aliphatic heterocycles. The number of fused-ring (bicyclic) bond motifs is 7. The van der Waals surface area contributed by atoms with Gasteiger partial charge in [-0.1, -0.05) is 121 Å². The Bertz CT molecular complexity index is 3550. The van der Waals surface area contributed by atoms with Gasteiger partial charge in [-0.05, 0) is 77.9 Å². The maximum absolute atomic E-state index is 6.12. The minimum absolute atomic E-state index is 0.610. The predicted molar refractivity (Wildman–Crippen MR) is 242 cm³/mol. The maximum atomic E-state index is 6.12. The van der Waals surface area contributed by atoms with Gasteiger partial charge in [-0.3, -0.25) is 4.57 Å². The summed E-state index contributed by atoms with van der Waals surface area (Å²) >= 11 is 1.83. The Labute approximate surface area is 342 Å². The van der Waals surface area contributed by atoms with Gasteiger partial charge in [0, 0.05) is 58.9 Å². The highest BCUT2D eigenvalue weighted by Crippen LogP contribution is 2.42. The second kappa shape index (κ2) is 13.4. The van der Waals surface area contributed by atoms with E-state index in [1.165, 1.54) is 25.7 Å². The summed E-state index contributed by atoms with van der Waals surface area (Å²) in [7, 11) is 0. The summed E-state index contributed by atoms with van der Waals surface area (Å²) in [5.41, 5.74) is 11.0. The van der Waals surface area contributed by atoms with Crippen LogP contribution in [0, 0.1) is 0 Å². The van der Waals surface area contributed by atoms with Gasteiger partial charge in [0.15, 0.2) is 17.5 Å². The van der Waals surface area contributed by atoms with Gasteiger partial charge in [0.1, 0.15) is 17.0 Å². The molecule has 12 rings (SSSR count). The molecule has 0 unspecified atom stereocenters. The van der Waals surface area contributed by atoms with Crippen LogP contribution in [-0.4, -0.2) is 24.5 Å². The standard InChI is InChI=1S/C52H31N5OS/c1-3-12-33(13-4-1)49-54-50(56-51(55-49)35-26-28-46-41(30-35)39-16-7-10-21-45(39)58-46)34-24-22-32(23-25-34)38-17-11-18-40-42-31-36(27-29-47(42)59-48(38)40)52-53-43-19-8-9-20-44(43)57(52)37-14-5-2-6-15-37/h1-31H. The highest BCUT2D eigenvalue weighted by atomic mass is 32.1. The molecule has 0 aliphatic carbocycles. The zero-order valence-corrected chi connectivity index (χ0v) is 32.3. The largest absolute Gasteiger partial charge is 0.456 e. The van der Waals surface area contributed by atoms with Gasteiger partial charge < -0.3 is 4.42 Å². The minimum Gasteiger partial charge on any atom is -0.456 e. The molecule has 0 aliphatic rings. The van der Waals surface area contributed by atoms with Crippen LogP contribution in [0.2, 0.25) is 0 Å². The second-order valence-electron chi connectivity index (χ2n) is 14.6. The first kappa shape index (κ1) is 33.4. The molecular formula is C52H31N5OS. The van der Waals surface area contributed by atoms with Crippen LogP contribution < -0.4 is 0 Å². The molecule has 0 N–H and O–H groups in total. The summed E-state index contributed by atoms with van der Waals surface area (Å²) in [6.07, 6.45) is 0. The Morgan fingerprint density at radius 1 is 0.407 bits per heavy atom. The number of rotatable bonds is 6. The van der Waals surface area contributed by atoms with E-state index in [2.05, 4.69) is 120 Å². The minimum atomic E-state index is 0.610. The van der Waals surface area contributed by atoms with Crippen molar-refractivity contribution in [3.63, 3.8) is 0 Å². The molecule has 59 heavy (non-hydrogen) atoms. The number of nitrogens with zero attached hydrogens (tertiary/aromatic N) is 5. The predicted octanol–water partition coefficient (Wildman–Crippen LogP) is 13.8. The number of furan rings is 1. The molecule has 0 spiro atoms. The zero-order valence-electron chi connectivity index (χ0n) is 31.5. The van der Waals surface area contributed by atoms with Gasteiger partial charge in [0.2, 0.25) is 0 Å². The third kappa shape index (κ3) is 5.62. The molecule has 0 radical (unpaired) electrons. The molecule has 0 bridgehead atoms. The normalized spacial score (nSPS) is 11.7. The van der Waals surface area contributed by atoms with Crippen LogP contribution in [0.25, 0.3) is 116 Å². The lowest BCUT2D eigenvalue weighted by molar-refractivity contribution is 0.669. The van der Waals surface area contributed by atoms with Crippen LogP contribution in [0.5, 0.6) is 0 Å². The van der Waals surface area contributed by atoms with Crippen molar-refractivity contribution in [3.05, 3.63) is 188 Å². The average Bonchev–Trinajstić information content (AvgIpc) is 4.01. The highest BCUT2D eigenvalue weighted by Gasteiger charge is 2.18. The third-order valence-electron chi connectivity index (χ3n) is 11.1. The van der Waals surface area contributed by atoms with Crippen molar-refractivity contribution in [3.8, 4) is 62.4 Å². The number of hydrogen-bond acceptors (Lipinski definition) is 6. The van der Waals surface area contributed by atoms with Crippen LogP contribution in [0.4, 0.5) is 0 Å². The van der Waals surface area contributed by atoms with Crippen molar-refractivity contribution in [1.29, 1.82) is 0 Å². The molecule has 6 nitrogen and oxygen atoms in total.